The number of anilines is 2. The Morgan fingerprint density at radius 3 is 2.89 bits per heavy atom. The van der Waals surface area contributed by atoms with Crippen LogP contribution < -0.4 is 15.4 Å². The summed E-state index contributed by atoms with van der Waals surface area (Å²) in [7, 11) is 3.56. The minimum atomic E-state index is 0.568. The van der Waals surface area contributed by atoms with E-state index in [1.54, 1.807) is 24.5 Å². The van der Waals surface area contributed by atoms with Crippen molar-refractivity contribution in [1.82, 2.24) is 4.98 Å². The second-order valence-electron chi connectivity index (χ2n) is 3.85. The minimum Gasteiger partial charge on any atom is -0.481 e. The summed E-state index contributed by atoms with van der Waals surface area (Å²) in [6, 6.07) is 5.66. The summed E-state index contributed by atoms with van der Waals surface area (Å²) in [5.74, 6) is 1.30. The highest BCUT2D eigenvalue weighted by molar-refractivity contribution is 9.10. The average molecular weight is 328 g/mol. The Morgan fingerprint density at radius 1 is 1.50 bits per heavy atom. The number of nitrogens with two attached hydrogens (primary N) is 1. The van der Waals surface area contributed by atoms with Gasteiger partial charge in [-0.25, -0.2) is 0 Å². The molecule has 0 saturated carbocycles. The molecule has 0 fully saturated rings. The maximum atomic E-state index is 5.94. The normalized spacial score (nSPS) is 10.4. The molecule has 18 heavy (non-hydrogen) atoms. The number of hydrogen-bond acceptors (Lipinski definition) is 5. The van der Waals surface area contributed by atoms with Crippen LogP contribution in [0.15, 0.2) is 28.1 Å². The minimum absolute atomic E-state index is 0.568. The van der Waals surface area contributed by atoms with Crippen molar-refractivity contribution in [2.24, 2.45) is 0 Å². The lowest BCUT2D eigenvalue weighted by Gasteiger charge is -2.19. The van der Waals surface area contributed by atoms with E-state index in [2.05, 4.69) is 32.4 Å². The third-order valence-electron chi connectivity index (χ3n) is 2.47. The van der Waals surface area contributed by atoms with Crippen LogP contribution in [0.3, 0.4) is 0 Å². The summed E-state index contributed by atoms with van der Waals surface area (Å²) in [4.78, 5) is 7.62. The van der Waals surface area contributed by atoms with Crippen LogP contribution in [0.25, 0.3) is 0 Å². The number of aromatic nitrogens is 1. The van der Waals surface area contributed by atoms with Gasteiger partial charge in [0.1, 0.15) is 0 Å². The predicted molar refractivity (Wildman–Crippen MR) is 79.3 cm³/mol. The number of methoxy groups -OCH3 is 1. The smallest absolute Gasteiger partial charge is 0.215 e. The highest BCUT2D eigenvalue weighted by Gasteiger charge is 2.10. The molecule has 2 aromatic rings. The molecule has 0 saturated heterocycles. The van der Waals surface area contributed by atoms with Crippen LogP contribution >= 0.6 is 27.3 Å². The highest BCUT2D eigenvalue weighted by atomic mass is 79.9. The first-order valence-electron chi connectivity index (χ1n) is 5.34. The van der Waals surface area contributed by atoms with E-state index in [9.17, 15) is 0 Å². The summed E-state index contributed by atoms with van der Waals surface area (Å²) in [6.07, 6.45) is 0. The molecule has 2 aromatic heterocycles. The molecular weight excluding hydrogens is 314 g/mol. The van der Waals surface area contributed by atoms with Gasteiger partial charge in [0, 0.05) is 27.8 Å². The average Bonchev–Trinajstić information content (AvgIpc) is 2.75. The first-order chi connectivity index (χ1) is 8.60. The van der Waals surface area contributed by atoms with E-state index in [-0.39, 0.29) is 0 Å². The largest absolute Gasteiger partial charge is 0.481 e. The molecule has 0 aliphatic heterocycles. The third-order valence-corrected chi connectivity index (χ3v) is 4.15. The quantitative estimate of drug-likeness (QED) is 0.937. The monoisotopic (exact) mass is 327 g/mol. The zero-order valence-electron chi connectivity index (χ0n) is 10.2. The zero-order valence-corrected chi connectivity index (χ0v) is 12.6. The molecule has 0 aliphatic rings. The number of ether oxygens (including phenoxy) is 1. The molecule has 0 aliphatic carbocycles. The fraction of sp³-hybridized carbons (Fsp3) is 0.250. The zero-order chi connectivity index (χ0) is 13.1. The van der Waals surface area contributed by atoms with Gasteiger partial charge in [0.25, 0.3) is 0 Å². The van der Waals surface area contributed by atoms with Crippen molar-refractivity contribution in [3.05, 3.63) is 32.9 Å². The summed E-state index contributed by atoms with van der Waals surface area (Å²) in [6.45, 7) is 0.765. The molecule has 2 N–H and O–H groups in total. The maximum absolute atomic E-state index is 5.94. The Balaban J connectivity index is 2.20. The van der Waals surface area contributed by atoms with Gasteiger partial charge in [-0.1, -0.05) is 0 Å². The van der Waals surface area contributed by atoms with Crippen molar-refractivity contribution in [2.45, 2.75) is 6.54 Å². The van der Waals surface area contributed by atoms with Crippen molar-refractivity contribution in [3.8, 4) is 5.88 Å². The Morgan fingerprint density at radius 2 is 2.28 bits per heavy atom. The van der Waals surface area contributed by atoms with Crippen LogP contribution in [0.5, 0.6) is 5.88 Å². The van der Waals surface area contributed by atoms with Gasteiger partial charge in [0.2, 0.25) is 5.88 Å². The topological polar surface area (TPSA) is 51.4 Å². The predicted octanol–water partition coefficient (Wildman–Crippen LogP) is 3.13. The molecule has 2 rings (SSSR count). The van der Waals surface area contributed by atoms with Crippen LogP contribution in [0.2, 0.25) is 0 Å². The highest BCUT2D eigenvalue weighted by Crippen LogP contribution is 2.26. The van der Waals surface area contributed by atoms with E-state index < -0.39 is 0 Å². The van der Waals surface area contributed by atoms with Crippen molar-refractivity contribution < 1.29 is 4.74 Å². The number of hydrogen-bond donors (Lipinski definition) is 1. The van der Waals surface area contributed by atoms with Gasteiger partial charge in [0.15, 0.2) is 5.82 Å². The second-order valence-corrected chi connectivity index (χ2v) is 5.77. The Bertz CT molecular complexity index is 544. The fourth-order valence-corrected chi connectivity index (χ4v) is 3.11. The van der Waals surface area contributed by atoms with E-state index in [0.717, 1.165) is 16.8 Å². The molecule has 4 nitrogen and oxygen atoms in total. The van der Waals surface area contributed by atoms with Gasteiger partial charge >= 0.3 is 0 Å². The second kappa shape index (κ2) is 5.58. The lowest BCUT2D eigenvalue weighted by atomic mass is 10.3. The standard InChI is InChI=1S/C12H14BrN3OS/c1-16(6-9-5-8(13)7-18-9)12-10(14)3-4-11(15-12)17-2/h3-5,7H,6,14H2,1-2H3. The van der Waals surface area contributed by atoms with Crippen molar-refractivity contribution in [3.63, 3.8) is 0 Å². The molecular formula is C12H14BrN3OS. The van der Waals surface area contributed by atoms with Crippen molar-refractivity contribution in [1.29, 1.82) is 0 Å². The third kappa shape index (κ3) is 2.94. The molecule has 2 heterocycles. The maximum Gasteiger partial charge on any atom is 0.215 e. The number of thiophene rings is 1. The van der Waals surface area contributed by atoms with E-state index in [0.29, 0.717) is 11.6 Å². The molecule has 0 unspecified atom stereocenters. The van der Waals surface area contributed by atoms with Gasteiger partial charge in [-0.3, -0.25) is 0 Å². The van der Waals surface area contributed by atoms with Crippen LogP contribution in [0.4, 0.5) is 11.5 Å². The van der Waals surface area contributed by atoms with Gasteiger partial charge in [-0.2, -0.15) is 4.98 Å². The SMILES string of the molecule is COc1ccc(N)c(N(C)Cc2cc(Br)cs2)n1. The van der Waals surface area contributed by atoms with Crippen LogP contribution in [-0.2, 0) is 6.54 Å². The van der Waals surface area contributed by atoms with E-state index in [1.807, 2.05) is 18.0 Å². The molecule has 0 aromatic carbocycles. The number of nitrogen functional groups attached to an aromatic ring is 1. The van der Waals surface area contributed by atoms with Crippen LogP contribution in [0, 0.1) is 0 Å². The summed E-state index contributed by atoms with van der Waals surface area (Å²) in [5.41, 5.74) is 6.59. The summed E-state index contributed by atoms with van der Waals surface area (Å²) < 4.78 is 6.22. The van der Waals surface area contributed by atoms with Gasteiger partial charge < -0.3 is 15.4 Å². The lowest BCUT2D eigenvalue weighted by molar-refractivity contribution is 0.398. The molecule has 0 atom stereocenters. The number of pyridine rings is 1. The van der Waals surface area contributed by atoms with Gasteiger partial charge in [0.05, 0.1) is 19.3 Å². The van der Waals surface area contributed by atoms with Crippen molar-refractivity contribution >= 4 is 38.8 Å². The Kier molecular flexibility index (Phi) is 4.08. The molecule has 96 valence electrons. The summed E-state index contributed by atoms with van der Waals surface area (Å²) in [5, 5.41) is 2.06. The molecule has 0 spiro atoms. The molecule has 0 radical (unpaired) electrons. The van der Waals surface area contributed by atoms with E-state index >= 15 is 0 Å². The lowest BCUT2D eigenvalue weighted by Crippen LogP contribution is -2.18. The number of nitrogens with zero attached hydrogens (tertiary/aromatic N) is 2. The van der Waals surface area contributed by atoms with Crippen molar-refractivity contribution in [2.75, 3.05) is 24.8 Å². The van der Waals surface area contributed by atoms with Crippen LogP contribution in [-0.4, -0.2) is 19.1 Å². The first kappa shape index (κ1) is 13.2. The molecule has 0 amide bonds. The van der Waals surface area contributed by atoms with E-state index in [4.69, 9.17) is 10.5 Å². The Hall–Kier alpha value is -1.27. The van der Waals surface area contributed by atoms with Gasteiger partial charge in [-0.15, -0.1) is 11.3 Å². The number of halogens is 1. The first-order valence-corrected chi connectivity index (χ1v) is 7.02. The molecule has 6 heteroatoms. The van der Waals surface area contributed by atoms with Crippen LogP contribution in [0.1, 0.15) is 4.88 Å². The number of rotatable bonds is 4. The fourth-order valence-electron chi connectivity index (χ4n) is 1.61. The van der Waals surface area contributed by atoms with E-state index in [1.165, 1.54) is 4.88 Å². The molecule has 0 bridgehead atoms. The van der Waals surface area contributed by atoms with Gasteiger partial charge in [-0.05, 0) is 28.1 Å². The Labute approximate surface area is 119 Å². The summed E-state index contributed by atoms with van der Waals surface area (Å²) >= 11 is 5.15.